The van der Waals surface area contributed by atoms with Crippen LogP contribution < -0.4 is 10.1 Å². The topological polar surface area (TPSA) is 103 Å². The van der Waals surface area contributed by atoms with Crippen molar-refractivity contribution in [3.05, 3.63) is 53.6 Å². The molecule has 0 saturated carbocycles. The Morgan fingerprint density at radius 1 is 1.22 bits per heavy atom. The van der Waals surface area contributed by atoms with Gasteiger partial charge >= 0.3 is 0 Å². The van der Waals surface area contributed by atoms with Crippen LogP contribution in [0.1, 0.15) is 5.56 Å². The van der Waals surface area contributed by atoms with Gasteiger partial charge in [0.1, 0.15) is 17.4 Å². The molecule has 2 aromatic rings. The van der Waals surface area contributed by atoms with Gasteiger partial charge in [-0.3, -0.25) is 4.79 Å². The van der Waals surface area contributed by atoms with Crippen molar-refractivity contribution < 1.29 is 19.7 Å². The standard InChI is InChI=1S/C17H14N2O4/c1-23-16-9-11(2-7-15(16)21)8-12(10-18)17(22)19-13-3-5-14(20)6-4-13/h2-9,20-21H,1H3,(H,19,22)/b12-8+. The highest BCUT2D eigenvalue weighted by Crippen LogP contribution is 2.27. The third kappa shape index (κ3) is 4.02. The number of aromatic hydroxyl groups is 2. The van der Waals surface area contributed by atoms with Crippen LogP contribution in [0.15, 0.2) is 48.0 Å². The summed E-state index contributed by atoms with van der Waals surface area (Å²) in [6.45, 7) is 0. The van der Waals surface area contributed by atoms with Crippen LogP contribution in [0.2, 0.25) is 0 Å². The van der Waals surface area contributed by atoms with Crippen molar-refractivity contribution >= 4 is 17.7 Å². The SMILES string of the molecule is COc1cc(/C=C(\C#N)C(=O)Nc2ccc(O)cc2)ccc1O. The second-order valence-electron chi connectivity index (χ2n) is 4.60. The maximum Gasteiger partial charge on any atom is 0.266 e. The predicted octanol–water partition coefficient (Wildman–Crippen LogP) is 2.65. The highest BCUT2D eigenvalue weighted by atomic mass is 16.5. The Kier molecular flexibility index (Phi) is 4.85. The number of ether oxygens (including phenoxy) is 1. The minimum Gasteiger partial charge on any atom is -0.508 e. The molecule has 23 heavy (non-hydrogen) atoms. The van der Waals surface area contributed by atoms with Crippen LogP contribution in [0.3, 0.4) is 0 Å². The Bertz CT molecular complexity index is 789. The summed E-state index contributed by atoms with van der Waals surface area (Å²) in [6, 6.07) is 12.2. The molecule has 0 unspecified atom stereocenters. The fourth-order valence-corrected chi connectivity index (χ4v) is 1.84. The summed E-state index contributed by atoms with van der Waals surface area (Å²) in [4.78, 5) is 12.1. The van der Waals surface area contributed by atoms with Gasteiger partial charge in [0.25, 0.3) is 5.91 Å². The maximum atomic E-state index is 12.1. The van der Waals surface area contributed by atoms with Gasteiger partial charge in [0, 0.05) is 5.69 Å². The van der Waals surface area contributed by atoms with E-state index in [9.17, 15) is 15.0 Å². The van der Waals surface area contributed by atoms with Gasteiger partial charge in [-0.05, 0) is 48.0 Å². The smallest absolute Gasteiger partial charge is 0.266 e. The van der Waals surface area contributed by atoms with Crippen molar-refractivity contribution in [2.45, 2.75) is 0 Å². The van der Waals surface area contributed by atoms with Gasteiger partial charge in [0.05, 0.1) is 7.11 Å². The van der Waals surface area contributed by atoms with Crippen molar-refractivity contribution in [3.8, 4) is 23.3 Å². The Morgan fingerprint density at radius 3 is 2.52 bits per heavy atom. The second kappa shape index (κ2) is 7.00. The van der Waals surface area contributed by atoms with Crippen molar-refractivity contribution in [2.75, 3.05) is 12.4 Å². The Morgan fingerprint density at radius 2 is 1.91 bits per heavy atom. The van der Waals surface area contributed by atoms with Crippen LogP contribution in [0.5, 0.6) is 17.2 Å². The zero-order chi connectivity index (χ0) is 16.8. The summed E-state index contributed by atoms with van der Waals surface area (Å²) in [5, 5.41) is 30.5. The largest absolute Gasteiger partial charge is 0.508 e. The average Bonchev–Trinajstić information content (AvgIpc) is 2.56. The van der Waals surface area contributed by atoms with E-state index in [4.69, 9.17) is 10.00 Å². The lowest BCUT2D eigenvalue weighted by Gasteiger charge is -2.06. The quantitative estimate of drug-likeness (QED) is 0.457. The van der Waals surface area contributed by atoms with E-state index in [0.717, 1.165) is 0 Å². The summed E-state index contributed by atoms with van der Waals surface area (Å²) >= 11 is 0. The molecule has 3 N–H and O–H groups in total. The predicted molar refractivity (Wildman–Crippen MR) is 85.0 cm³/mol. The number of amides is 1. The molecule has 0 saturated heterocycles. The third-order valence-electron chi connectivity index (χ3n) is 3.01. The van der Waals surface area contributed by atoms with E-state index >= 15 is 0 Å². The van der Waals surface area contributed by atoms with Crippen molar-refractivity contribution in [3.63, 3.8) is 0 Å². The molecule has 0 aromatic heterocycles. The van der Waals surface area contributed by atoms with Crippen LogP contribution >= 0.6 is 0 Å². The van der Waals surface area contributed by atoms with Crippen LogP contribution in [0.4, 0.5) is 5.69 Å². The number of benzene rings is 2. The van der Waals surface area contributed by atoms with Crippen LogP contribution in [-0.4, -0.2) is 23.2 Å². The van der Waals surface area contributed by atoms with E-state index < -0.39 is 5.91 Å². The van der Waals surface area contributed by atoms with E-state index in [2.05, 4.69) is 5.32 Å². The molecule has 116 valence electrons. The molecule has 2 aromatic carbocycles. The van der Waals surface area contributed by atoms with E-state index in [1.807, 2.05) is 6.07 Å². The molecular weight excluding hydrogens is 296 g/mol. The van der Waals surface area contributed by atoms with E-state index in [0.29, 0.717) is 11.3 Å². The second-order valence-corrected chi connectivity index (χ2v) is 4.60. The Labute approximate surface area is 132 Å². The molecule has 2 rings (SSSR count). The fourth-order valence-electron chi connectivity index (χ4n) is 1.84. The average molecular weight is 310 g/mol. The normalized spacial score (nSPS) is 10.7. The van der Waals surface area contributed by atoms with Gasteiger partial charge in [-0.2, -0.15) is 5.26 Å². The number of phenolic OH excluding ortho intramolecular Hbond substituents is 2. The molecule has 0 aliphatic heterocycles. The number of phenols is 2. The Hall–Kier alpha value is -3.46. The first-order chi connectivity index (χ1) is 11.0. The number of hydrogen-bond acceptors (Lipinski definition) is 5. The number of carbonyl (C=O) groups is 1. The van der Waals surface area contributed by atoms with Gasteiger partial charge in [-0.15, -0.1) is 0 Å². The number of rotatable bonds is 4. The molecule has 1 amide bonds. The minimum absolute atomic E-state index is 0.0308. The first-order valence-corrected chi connectivity index (χ1v) is 6.62. The number of hydrogen-bond donors (Lipinski definition) is 3. The zero-order valence-electron chi connectivity index (χ0n) is 12.3. The molecule has 0 bridgehead atoms. The summed E-state index contributed by atoms with van der Waals surface area (Å²) < 4.78 is 4.98. The molecule has 6 nitrogen and oxygen atoms in total. The van der Waals surface area contributed by atoms with Gasteiger partial charge in [-0.25, -0.2) is 0 Å². The Balaban J connectivity index is 2.23. The molecule has 0 spiro atoms. The number of anilines is 1. The highest BCUT2D eigenvalue weighted by molar-refractivity contribution is 6.09. The van der Waals surface area contributed by atoms with Gasteiger partial charge in [0.2, 0.25) is 0 Å². The van der Waals surface area contributed by atoms with Crippen LogP contribution in [0, 0.1) is 11.3 Å². The summed E-state index contributed by atoms with van der Waals surface area (Å²) in [7, 11) is 1.41. The van der Waals surface area contributed by atoms with E-state index in [-0.39, 0.29) is 22.8 Å². The molecule has 0 atom stereocenters. The molecule has 0 radical (unpaired) electrons. The highest BCUT2D eigenvalue weighted by Gasteiger charge is 2.10. The first-order valence-electron chi connectivity index (χ1n) is 6.62. The van der Waals surface area contributed by atoms with E-state index in [1.165, 1.54) is 49.6 Å². The fraction of sp³-hybridized carbons (Fsp3) is 0.0588. The molecule has 0 aliphatic rings. The first kappa shape index (κ1) is 15.9. The monoisotopic (exact) mass is 310 g/mol. The zero-order valence-corrected chi connectivity index (χ0v) is 12.3. The third-order valence-corrected chi connectivity index (χ3v) is 3.01. The van der Waals surface area contributed by atoms with Crippen molar-refractivity contribution in [2.24, 2.45) is 0 Å². The number of nitriles is 1. The van der Waals surface area contributed by atoms with Crippen LogP contribution in [0.25, 0.3) is 6.08 Å². The number of carbonyl (C=O) groups excluding carboxylic acids is 1. The molecule has 0 aliphatic carbocycles. The summed E-state index contributed by atoms with van der Waals surface area (Å²) in [5.74, 6) is -0.285. The van der Waals surface area contributed by atoms with E-state index in [1.54, 1.807) is 6.07 Å². The molecular formula is C17H14N2O4. The van der Waals surface area contributed by atoms with Gasteiger partial charge in [-0.1, -0.05) is 6.07 Å². The van der Waals surface area contributed by atoms with Crippen molar-refractivity contribution in [1.29, 1.82) is 5.26 Å². The molecule has 0 heterocycles. The molecule has 6 heteroatoms. The number of methoxy groups -OCH3 is 1. The van der Waals surface area contributed by atoms with Crippen molar-refractivity contribution in [1.82, 2.24) is 0 Å². The summed E-state index contributed by atoms with van der Waals surface area (Å²) in [5.41, 5.74) is 0.889. The molecule has 0 fully saturated rings. The number of nitrogens with one attached hydrogen (secondary N) is 1. The van der Waals surface area contributed by atoms with Crippen LogP contribution in [-0.2, 0) is 4.79 Å². The lowest BCUT2D eigenvalue weighted by atomic mass is 10.1. The van der Waals surface area contributed by atoms with Gasteiger partial charge < -0.3 is 20.3 Å². The maximum absolute atomic E-state index is 12.1. The van der Waals surface area contributed by atoms with Gasteiger partial charge in [0.15, 0.2) is 11.5 Å². The summed E-state index contributed by atoms with van der Waals surface area (Å²) in [6.07, 6.45) is 1.39. The lowest BCUT2D eigenvalue weighted by Crippen LogP contribution is -2.13. The minimum atomic E-state index is -0.578. The lowest BCUT2D eigenvalue weighted by molar-refractivity contribution is -0.112. The number of nitrogens with zero attached hydrogens (tertiary/aromatic N) is 1.